The quantitative estimate of drug-likeness (QED) is 0.849. The number of rotatable bonds is 4. The number of aromatic amines is 1. The molecule has 1 aromatic heterocycles. The standard InChI is InChI=1S/C17H22ClN3O3S/c1-11-17(12(2)20-19-11)25(23,24)21-9-7-14(8-10-21)16(22)13-3-5-15(18)6-4-13/h3-6,14,16,22H,7-10H2,1-2H3,(H,19,20). The minimum atomic E-state index is -3.56. The van der Waals surface area contributed by atoms with E-state index in [0.29, 0.717) is 42.3 Å². The monoisotopic (exact) mass is 383 g/mol. The molecule has 1 saturated heterocycles. The second-order valence-corrected chi connectivity index (χ2v) is 8.81. The van der Waals surface area contributed by atoms with Gasteiger partial charge in [-0.05, 0) is 50.3 Å². The van der Waals surface area contributed by atoms with Gasteiger partial charge < -0.3 is 5.11 Å². The number of aliphatic hydroxyl groups is 1. The van der Waals surface area contributed by atoms with Crippen LogP contribution in [0.3, 0.4) is 0 Å². The molecule has 1 fully saturated rings. The molecule has 2 heterocycles. The van der Waals surface area contributed by atoms with E-state index in [4.69, 9.17) is 11.6 Å². The van der Waals surface area contributed by atoms with Gasteiger partial charge in [-0.3, -0.25) is 5.10 Å². The van der Waals surface area contributed by atoms with E-state index in [1.54, 1.807) is 26.0 Å². The summed E-state index contributed by atoms with van der Waals surface area (Å²) in [5, 5.41) is 17.9. The molecule has 8 heteroatoms. The Labute approximate surface area is 152 Å². The van der Waals surface area contributed by atoms with Gasteiger partial charge in [-0.2, -0.15) is 9.40 Å². The van der Waals surface area contributed by atoms with Crippen LogP contribution in [0, 0.1) is 19.8 Å². The molecule has 25 heavy (non-hydrogen) atoms. The van der Waals surface area contributed by atoms with Crippen molar-refractivity contribution in [3.8, 4) is 0 Å². The highest BCUT2D eigenvalue weighted by atomic mass is 35.5. The maximum absolute atomic E-state index is 12.9. The Morgan fingerprint density at radius 1 is 1.24 bits per heavy atom. The molecule has 0 aliphatic carbocycles. The van der Waals surface area contributed by atoms with Crippen molar-refractivity contribution in [1.82, 2.24) is 14.5 Å². The van der Waals surface area contributed by atoms with Crippen molar-refractivity contribution in [2.24, 2.45) is 5.92 Å². The molecular formula is C17H22ClN3O3S. The number of piperidine rings is 1. The van der Waals surface area contributed by atoms with Crippen LogP contribution in [-0.2, 0) is 10.0 Å². The van der Waals surface area contributed by atoms with Crippen molar-refractivity contribution in [1.29, 1.82) is 0 Å². The second kappa shape index (κ2) is 7.07. The zero-order valence-electron chi connectivity index (χ0n) is 14.2. The first-order valence-electron chi connectivity index (χ1n) is 8.26. The first-order chi connectivity index (χ1) is 11.8. The van der Waals surface area contributed by atoms with Crippen LogP contribution < -0.4 is 0 Å². The maximum Gasteiger partial charge on any atom is 0.246 e. The number of aliphatic hydroxyl groups excluding tert-OH is 1. The van der Waals surface area contributed by atoms with Gasteiger partial charge in [0.2, 0.25) is 10.0 Å². The molecule has 136 valence electrons. The van der Waals surface area contributed by atoms with Crippen molar-refractivity contribution >= 4 is 21.6 Å². The number of halogens is 1. The minimum absolute atomic E-state index is 0.0270. The van der Waals surface area contributed by atoms with E-state index in [1.807, 2.05) is 12.1 Å². The molecule has 1 unspecified atom stereocenters. The highest BCUT2D eigenvalue weighted by molar-refractivity contribution is 7.89. The van der Waals surface area contributed by atoms with Crippen LogP contribution in [0.15, 0.2) is 29.2 Å². The zero-order chi connectivity index (χ0) is 18.2. The van der Waals surface area contributed by atoms with Gasteiger partial charge in [-0.15, -0.1) is 0 Å². The number of nitrogens with one attached hydrogen (secondary N) is 1. The van der Waals surface area contributed by atoms with Gasteiger partial charge in [0, 0.05) is 18.1 Å². The number of aryl methyl sites for hydroxylation is 2. The summed E-state index contributed by atoms with van der Waals surface area (Å²) in [7, 11) is -3.56. The smallest absolute Gasteiger partial charge is 0.246 e. The highest BCUT2D eigenvalue weighted by Crippen LogP contribution is 2.33. The topological polar surface area (TPSA) is 86.3 Å². The fourth-order valence-corrected chi connectivity index (χ4v) is 5.34. The van der Waals surface area contributed by atoms with Crippen LogP contribution in [-0.4, -0.2) is 41.1 Å². The normalized spacial score (nSPS) is 18.4. The van der Waals surface area contributed by atoms with Gasteiger partial charge in [-0.25, -0.2) is 8.42 Å². The molecule has 1 atom stereocenters. The predicted octanol–water partition coefficient (Wildman–Crippen LogP) is 2.81. The lowest BCUT2D eigenvalue weighted by atomic mass is 9.88. The number of hydrogen-bond acceptors (Lipinski definition) is 4. The maximum atomic E-state index is 12.9. The summed E-state index contributed by atoms with van der Waals surface area (Å²) in [4.78, 5) is 0.268. The highest BCUT2D eigenvalue weighted by Gasteiger charge is 2.34. The fraction of sp³-hybridized carbons (Fsp3) is 0.471. The van der Waals surface area contributed by atoms with Gasteiger partial charge >= 0.3 is 0 Å². The summed E-state index contributed by atoms with van der Waals surface area (Å²) < 4.78 is 27.2. The molecule has 3 rings (SSSR count). The number of aromatic nitrogens is 2. The lowest BCUT2D eigenvalue weighted by Crippen LogP contribution is -2.40. The molecule has 1 aliphatic heterocycles. The van der Waals surface area contributed by atoms with Gasteiger partial charge in [0.25, 0.3) is 0 Å². The largest absolute Gasteiger partial charge is 0.388 e. The summed E-state index contributed by atoms with van der Waals surface area (Å²) in [5.41, 5.74) is 1.86. The van der Waals surface area contributed by atoms with E-state index >= 15 is 0 Å². The molecule has 0 amide bonds. The second-order valence-electron chi connectivity index (χ2n) is 6.50. The first-order valence-corrected chi connectivity index (χ1v) is 10.1. The van der Waals surface area contributed by atoms with Gasteiger partial charge in [0.15, 0.2) is 0 Å². The van der Waals surface area contributed by atoms with E-state index in [9.17, 15) is 13.5 Å². The molecule has 2 N–H and O–H groups in total. The average Bonchev–Trinajstić information content (AvgIpc) is 2.94. The summed E-state index contributed by atoms with van der Waals surface area (Å²) >= 11 is 5.88. The third kappa shape index (κ3) is 3.60. The Kier molecular flexibility index (Phi) is 5.20. The van der Waals surface area contributed by atoms with Crippen molar-refractivity contribution in [3.63, 3.8) is 0 Å². The molecule has 6 nitrogen and oxygen atoms in total. The van der Waals surface area contributed by atoms with Crippen molar-refractivity contribution in [2.45, 2.75) is 37.7 Å². The van der Waals surface area contributed by atoms with Crippen LogP contribution in [0.5, 0.6) is 0 Å². The van der Waals surface area contributed by atoms with Crippen molar-refractivity contribution in [2.75, 3.05) is 13.1 Å². The molecule has 1 aliphatic rings. The molecule has 1 aromatic carbocycles. The van der Waals surface area contributed by atoms with Crippen LogP contribution in [0.25, 0.3) is 0 Å². The zero-order valence-corrected chi connectivity index (χ0v) is 15.8. The van der Waals surface area contributed by atoms with Crippen LogP contribution in [0.1, 0.15) is 35.9 Å². The predicted molar refractivity (Wildman–Crippen MR) is 96.0 cm³/mol. The summed E-state index contributed by atoms with van der Waals surface area (Å²) in [6.45, 7) is 4.18. The number of nitrogens with zero attached hydrogens (tertiary/aromatic N) is 2. The van der Waals surface area contributed by atoms with Gasteiger partial charge in [0.1, 0.15) is 4.90 Å². The van der Waals surface area contributed by atoms with E-state index < -0.39 is 16.1 Å². The van der Waals surface area contributed by atoms with Crippen molar-refractivity contribution < 1.29 is 13.5 Å². The van der Waals surface area contributed by atoms with Gasteiger partial charge in [0.05, 0.1) is 17.5 Å². The lowest BCUT2D eigenvalue weighted by molar-refractivity contribution is 0.0760. The molecule has 0 spiro atoms. The summed E-state index contributed by atoms with van der Waals surface area (Å²) in [5.74, 6) is 0.0270. The fourth-order valence-electron chi connectivity index (χ4n) is 3.41. The Balaban J connectivity index is 1.70. The van der Waals surface area contributed by atoms with Crippen LogP contribution >= 0.6 is 11.6 Å². The Morgan fingerprint density at radius 3 is 2.36 bits per heavy atom. The van der Waals surface area contributed by atoms with Crippen LogP contribution in [0.2, 0.25) is 5.02 Å². The molecule has 0 saturated carbocycles. The Morgan fingerprint density at radius 2 is 1.84 bits per heavy atom. The van der Waals surface area contributed by atoms with E-state index in [2.05, 4.69) is 10.2 Å². The van der Waals surface area contributed by atoms with Gasteiger partial charge in [-0.1, -0.05) is 23.7 Å². The summed E-state index contributed by atoms with van der Waals surface area (Å²) in [6.07, 6.45) is 0.609. The molecule has 0 radical (unpaired) electrons. The molecule has 2 aromatic rings. The van der Waals surface area contributed by atoms with E-state index in [-0.39, 0.29) is 10.8 Å². The Hall–Kier alpha value is -1.41. The van der Waals surface area contributed by atoms with Crippen molar-refractivity contribution in [3.05, 3.63) is 46.2 Å². The molecule has 0 bridgehead atoms. The average molecular weight is 384 g/mol. The minimum Gasteiger partial charge on any atom is -0.388 e. The third-order valence-corrected chi connectivity index (χ3v) is 7.23. The number of benzene rings is 1. The van der Waals surface area contributed by atoms with E-state index in [1.165, 1.54) is 4.31 Å². The number of hydrogen-bond donors (Lipinski definition) is 2. The van der Waals surface area contributed by atoms with E-state index in [0.717, 1.165) is 5.56 Å². The SMILES string of the molecule is Cc1n[nH]c(C)c1S(=O)(=O)N1CCC(C(O)c2ccc(Cl)cc2)CC1. The summed E-state index contributed by atoms with van der Waals surface area (Å²) in [6, 6.07) is 7.14. The third-order valence-electron chi connectivity index (χ3n) is 4.82. The number of H-pyrrole nitrogens is 1. The Bertz CT molecular complexity index is 821. The number of sulfonamides is 1. The van der Waals surface area contributed by atoms with Crippen LogP contribution in [0.4, 0.5) is 0 Å². The first kappa shape index (κ1) is 18.4. The lowest BCUT2D eigenvalue weighted by Gasteiger charge is -2.33. The molecular weight excluding hydrogens is 362 g/mol.